The molecule has 0 saturated carbocycles. The van der Waals surface area contributed by atoms with E-state index in [1.54, 1.807) is 0 Å². The van der Waals surface area contributed by atoms with Crippen molar-refractivity contribution < 1.29 is 4.74 Å². The van der Waals surface area contributed by atoms with Crippen molar-refractivity contribution in [2.45, 2.75) is 0 Å². The lowest BCUT2D eigenvalue weighted by Gasteiger charge is -2.11. The molecule has 1 radical (unpaired) electrons. The largest absolute Gasteiger partial charge is 0.378 e. The summed E-state index contributed by atoms with van der Waals surface area (Å²) >= 11 is 0. The lowest BCUT2D eigenvalue weighted by Crippen LogP contribution is -2.08. The minimum Gasteiger partial charge on any atom is -0.378 e. The standard InChI is InChI=1S/C13H16NO/c1-4-15-10-6-8-12-7-5-9-13(11-12)14(2)3/h5,7,9,11H,1,4,10H2,2-3H3. The number of nitrogens with zero attached hydrogens (tertiary/aromatic N) is 1. The van der Waals surface area contributed by atoms with Gasteiger partial charge in [-0.25, -0.2) is 0 Å². The van der Waals surface area contributed by atoms with E-state index in [2.05, 4.69) is 35.8 Å². The predicted octanol–water partition coefficient (Wildman–Crippen LogP) is 1.95. The summed E-state index contributed by atoms with van der Waals surface area (Å²) in [6.07, 6.45) is 0. The van der Waals surface area contributed by atoms with E-state index < -0.39 is 0 Å². The fraction of sp³-hybridized carbons (Fsp3) is 0.308. The third kappa shape index (κ3) is 4.05. The number of ether oxygens (including phenoxy) is 1. The van der Waals surface area contributed by atoms with Crippen molar-refractivity contribution in [3.05, 3.63) is 36.8 Å². The zero-order chi connectivity index (χ0) is 11.1. The molecular weight excluding hydrogens is 186 g/mol. The van der Waals surface area contributed by atoms with Gasteiger partial charge >= 0.3 is 0 Å². The Labute approximate surface area is 91.9 Å². The predicted molar refractivity (Wildman–Crippen MR) is 63.8 cm³/mol. The maximum atomic E-state index is 5.04. The molecule has 0 fully saturated rings. The normalized spacial score (nSPS) is 9.27. The fourth-order valence-electron chi connectivity index (χ4n) is 1.12. The van der Waals surface area contributed by atoms with Crippen LogP contribution in [0.5, 0.6) is 0 Å². The van der Waals surface area contributed by atoms with E-state index in [1.807, 2.05) is 26.2 Å². The summed E-state index contributed by atoms with van der Waals surface area (Å²) in [6, 6.07) is 8.10. The zero-order valence-electron chi connectivity index (χ0n) is 9.29. The Morgan fingerprint density at radius 2 is 2.20 bits per heavy atom. The molecule has 0 unspecified atom stereocenters. The Balaban J connectivity index is 2.67. The first kappa shape index (κ1) is 11.6. The molecule has 1 aromatic carbocycles. The molecule has 0 saturated heterocycles. The zero-order valence-corrected chi connectivity index (χ0v) is 9.29. The molecule has 0 amide bonds. The number of anilines is 1. The van der Waals surface area contributed by atoms with Crippen molar-refractivity contribution in [2.75, 3.05) is 32.2 Å². The average molecular weight is 202 g/mol. The second-order valence-electron chi connectivity index (χ2n) is 3.30. The molecule has 0 aliphatic heterocycles. The van der Waals surface area contributed by atoms with Crippen molar-refractivity contribution in [2.24, 2.45) is 0 Å². The molecule has 0 atom stereocenters. The molecule has 0 N–H and O–H groups in total. The van der Waals surface area contributed by atoms with Crippen molar-refractivity contribution in [3.8, 4) is 11.8 Å². The first-order valence-corrected chi connectivity index (χ1v) is 4.87. The second kappa shape index (κ2) is 6.10. The Kier molecular flexibility index (Phi) is 4.73. The number of hydrogen-bond donors (Lipinski definition) is 0. The van der Waals surface area contributed by atoms with Gasteiger partial charge in [-0.2, -0.15) is 0 Å². The fourth-order valence-corrected chi connectivity index (χ4v) is 1.12. The van der Waals surface area contributed by atoms with Gasteiger partial charge in [-0.15, -0.1) is 0 Å². The molecule has 0 aliphatic rings. The van der Waals surface area contributed by atoms with Gasteiger partial charge in [-0.1, -0.05) is 17.9 Å². The van der Waals surface area contributed by atoms with E-state index in [9.17, 15) is 0 Å². The lowest BCUT2D eigenvalue weighted by molar-refractivity contribution is 0.198. The van der Waals surface area contributed by atoms with Crippen LogP contribution < -0.4 is 4.90 Å². The molecule has 2 heteroatoms. The van der Waals surface area contributed by atoms with E-state index in [0.29, 0.717) is 13.2 Å². The number of rotatable bonds is 3. The second-order valence-corrected chi connectivity index (χ2v) is 3.30. The first-order chi connectivity index (χ1) is 7.24. The van der Waals surface area contributed by atoms with Crippen molar-refractivity contribution in [1.82, 2.24) is 0 Å². The molecule has 1 aromatic rings. The van der Waals surface area contributed by atoms with Crippen molar-refractivity contribution in [1.29, 1.82) is 0 Å². The molecule has 2 nitrogen and oxygen atoms in total. The summed E-state index contributed by atoms with van der Waals surface area (Å²) < 4.78 is 5.04. The highest BCUT2D eigenvalue weighted by Gasteiger charge is 1.94. The van der Waals surface area contributed by atoms with E-state index in [4.69, 9.17) is 4.74 Å². The Hall–Kier alpha value is -1.46. The summed E-state index contributed by atoms with van der Waals surface area (Å²) in [4.78, 5) is 2.05. The van der Waals surface area contributed by atoms with E-state index >= 15 is 0 Å². The monoisotopic (exact) mass is 202 g/mol. The highest BCUT2D eigenvalue weighted by Crippen LogP contribution is 2.12. The molecule has 15 heavy (non-hydrogen) atoms. The van der Waals surface area contributed by atoms with Crippen LogP contribution >= 0.6 is 0 Å². The first-order valence-electron chi connectivity index (χ1n) is 4.87. The van der Waals surface area contributed by atoms with E-state index in [1.165, 1.54) is 0 Å². The van der Waals surface area contributed by atoms with Crippen molar-refractivity contribution in [3.63, 3.8) is 0 Å². The van der Waals surface area contributed by atoms with Crippen LogP contribution in [-0.4, -0.2) is 27.3 Å². The molecule has 1 rings (SSSR count). The molecule has 0 heterocycles. The van der Waals surface area contributed by atoms with Gasteiger partial charge in [0.1, 0.15) is 6.61 Å². The Bertz CT molecular complexity index is 360. The smallest absolute Gasteiger partial charge is 0.108 e. The summed E-state index contributed by atoms with van der Waals surface area (Å²) in [5, 5.41) is 0. The van der Waals surface area contributed by atoms with Crippen LogP contribution in [0.4, 0.5) is 5.69 Å². The quantitative estimate of drug-likeness (QED) is 0.548. The molecule has 79 valence electrons. The highest BCUT2D eigenvalue weighted by atomic mass is 16.5. The van der Waals surface area contributed by atoms with Gasteiger partial charge in [0, 0.05) is 32.0 Å². The molecule has 0 aliphatic carbocycles. The van der Waals surface area contributed by atoms with Crippen LogP contribution in [0.3, 0.4) is 0 Å². The summed E-state index contributed by atoms with van der Waals surface area (Å²) in [5.74, 6) is 5.98. The van der Waals surface area contributed by atoms with Gasteiger partial charge in [-0.05, 0) is 25.1 Å². The van der Waals surface area contributed by atoms with Crippen molar-refractivity contribution >= 4 is 5.69 Å². The maximum Gasteiger partial charge on any atom is 0.108 e. The highest BCUT2D eigenvalue weighted by molar-refractivity contribution is 5.51. The van der Waals surface area contributed by atoms with Crippen LogP contribution in [0.25, 0.3) is 0 Å². The van der Waals surface area contributed by atoms with Gasteiger partial charge in [0.25, 0.3) is 0 Å². The molecule has 0 spiro atoms. The number of hydrogen-bond acceptors (Lipinski definition) is 2. The third-order valence-electron chi connectivity index (χ3n) is 1.91. The van der Waals surface area contributed by atoms with Crippen LogP contribution in [-0.2, 0) is 4.74 Å². The summed E-state index contributed by atoms with van der Waals surface area (Å²) in [7, 11) is 4.02. The van der Waals surface area contributed by atoms with E-state index in [0.717, 1.165) is 11.3 Å². The van der Waals surface area contributed by atoms with Crippen LogP contribution in [0.1, 0.15) is 5.56 Å². The van der Waals surface area contributed by atoms with E-state index in [-0.39, 0.29) is 0 Å². The van der Waals surface area contributed by atoms with Crippen LogP contribution in [0.15, 0.2) is 24.3 Å². The number of benzene rings is 1. The summed E-state index contributed by atoms with van der Waals surface area (Å²) in [6.45, 7) is 4.48. The third-order valence-corrected chi connectivity index (χ3v) is 1.91. The maximum absolute atomic E-state index is 5.04. The Morgan fingerprint density at radius 1 is 1.40 bits per heavy atom. The lowest BCUT2D eigenvalue weighted by atomic mass is 10.2. The van der Waals surface area contributed by atoms with Gasteiger partial charge < -0.3 is 9.64 Å². The van der Waals surface area contributed by atoms with Gasteiger partial charge in [-0.3, -0.25) is 0 Å². The van der Waals surface area contributed by atoms with Gasteiger partial charge in [0.05, 0.1) is 0 Å². The van der Waals surface area contributed by atoms with Gasteiger partial charge in [0.15, 0.2) is 0 Å². The van der Waals surface area contributed by atoms with Gasteiger partial charge in [0.2, 0.25) is 0 Å². The topological polar surface area (TPSA) is 12.5 Å². The SMILES string of the molecule is [CH2]COCC#Cc1cccc(N(C)C)c1. The van der Waals surface area contributed by atoms with Crippen LogP contribution in [0, 0.1) is 18.8 Å². The average Bonchev–Trinajstić information content (AvgIpc) is 2.25. The summed E-state index contributed by atoms with van der Waals surface area (Å²) in [5.41, 5.74) is 2.16. The van der Waals surface area contributed by atoms with Crippen LogP contribution in [0.2, 0.25) is 0 Å². The molecule has 0 aromatic heterocycles. The minimum atomic E-state index is 0.440. The Morgan fingerprint density at radius 3 is 2.87 bits per heavy atom. The molecular formula is C13H16NO. The molecule has 0 bridgehead atoms. The minimum absolute atomic E-state index is 0.440.